The smallest absolute Gasteiger partial charge is 0.338 e. The van der Waals surface area contributed by atoms with Crippen molar-refractivity contribution < 1.29 is 19.1 Å². The standard InChI is InChI=1S/C28H36O4/c1-4-6-7-8-21-17-25(18-21)28(30)32-26-15-13-23(14-16-26)22-9-11-24(12-10-22)27(29)31-19-20(3)5-2/h9-16,20-21,25H,4-8,17-19H2,1-3H3/t20-,21?,25?/m0/s1. The molecule has 0 unspecified atom stereocenters. The Balaban J connectivity index is 1.48. The lowest BCUT2D eigenvalue weighted by molar-refractivity contribution is -0.143. The van der Waals surface area contributed by atoms with Gasteiger partial charge in [-0.15, -0.1) is 0 Å². The third-order valence-corrected chi connectivity index (χ3v) is 6.51. The summed E-state index contributed by atoms with van der Waals surface area (Å²) in [7, 11) is 0. The minimum Gasteiger partial charge on any atom is -0.462 e. The molecule has 3 rings (SSSR count). The molecule has 0 aromatic heterocycles. The van der Waals surface area contributed by atoms with Crippen molar-refractivity contribution in [1.29, 1.82) is 0 Å². The van der Waals surface area contributed by atoms with Crippen molar-refractivity contribution in [2.45, 2.75) is 65.7 Å². The molecule has 2 aromatic rings. The highest BCUT2D eigenvalue weighted by Gasteiger charge is 2.35. The molecule has 1 aliphatic rings. The normalized spacial score (nSPS) is 18.5. The number of hydrogen-bond donors (Lipinski definition) is 0. The summed E-state index contributed by atoms with van der Waals surface area (Å²) in [5.74, 6) is 1.29. The topological polar surface area (TPSA) is 52.6 Å². The lowest BCUT2D eigenvalue weighted by Gasteiger charge is -2.33. The Morgan fingerprint density at radius 1 is 0.938 bits per heavy atom. The van der Waals surface area contributed by atoms with E-state index in [1.165, 1.54) is 25.7 Å². The highest BCUT2D eigenvalue weighted by atomic mass is 16.5. The largest absolute Gasteiger partial charge is 0.462 e. The lowest BCUT2D eigenvalue weighted by atomic mass is 9.72. The molecule has 1 aliphatic carbocycles. The Morgan fingerprint density at radius 3 is 2.16 bits per heavy atom. The fourth-order valence-electron chi connectivity index (χ4n) is 3.98. The third-order valence-electron chi connectivity index (χ3n) is 6.51. The van der Waals surface area contributed by atoms with Crippen molar-refractivity contribution in [3.05, 3.63) is 54.1 Å². The lowest BCUT2D eigenvalue weighted by Crippen LogP contribution is -2.33. The van der Waals surface area contributed by atoms with E-state index < -0.39 is 0 Å². The Hall–Kier alpha value is -2.62. The van der Waals surface area contributed by atoms with Gasteiger partial charge in [-0.05, 0) is 60.1 Å². The van der Waals surface area contributed by atoms with Gasteiger partial charge in [0.2, 0.25) is 0 Å². The van der Waals surface area contributed by atoms with Crippen LogP contribution in [-0.4, -0.2) is 18.5 Å². The van der Waals surface area contributed by atoms with Gasteiger partial charge in [0, 0.05) is 0 Å². The average Bonchev–Trinajstić information content (AvgIpc) is 2.79. The summed E-state index contributed by atoms with van der Waals surface area (Å²) in [6.45, 7) is 6.80. The number of carbonyl (C=O) groups excluding carboxylic acids is 2. The van der Waals surface area contributed by atoms with E-state index in [0.717, 1.165) is 30.4 Å². The second-order valence-corrected chi connectivity index (χ2v) is 9.16. The Labute approximate surface area is 192 Å². The van der Waals surface area contributed by atoms with Crippen molar-refractivity contribution in [3.8, 4) is 16.9 Å². The van der Waals surface area contributed by atoms with Crippen LogP contribution >= 0.6 is 0 Å². The quantitative estimate of drug-likeness (QED) is 0.215. The molecule has 4 nitrogen and oxygen atoms in total. The van der Waals surface area contributed by atoms with E-state index in [4.69, 9.17) is 9.47 Å². The predicted octanol–water partition coefficient (Wildman–Crippen LogP) is 7.07. The van der Waals surface area contributed by atoms with Crippen LogP contribution in [0.5, 0.6) is 5.75 Å². The van der Waals surface area contributed by atoms with Gasteiger partial charge in [-0.1, -0.05) is 77.1 Å². The number of unbranched alkanes of at least 4 members (excludes halogenated alkanes) is 2. The second kappa shape index (κ2) is 11.8. The van der Waals surface area contributed by atoms with Crippen LogP contribution in [0.3, 0.4) is 0 Å². The van der Waals surface area contributed by atoms with Crippen molar-refractivity contribution in [2.24, 2.45) is 17.8 Å². The van der Waals surface area contributed by atoms with Crippen LogP contribution in [0, 0.1) is 17.8 Å². The molecule has 0 amide bonds. The van der Waals surface area contributed by atoms with E-state index in [0.29, 0.717) is 29.8 Å². The summed E-state index contributed by atoms with van der Waals surface area (Å²) in [5, 5.41) is 0. The summed E-state index contributed by atoms with van der Waals surface area (Å²) in [4.78, 5) is 24.5. The maximum Gasteiger partial charge on any atom is 0.338 e. The Bertz CT molecular complexity index is 863. The van der Waals surface area contributed by atoms with Crippen molar-refractivity contribution in [1.82, 2.24) is 0 Å². The fourth-order valence-corrected chi connectivity index (χ4v) is 3.98. The van der Waals surface area contributed by atoms with E-state index >= 15 is 0 Å². The Morgan fingerprint density at radius 2 is 1.56 bits per heavy atom. The van der Waals surface area contributed by atoms with Gasteiger partial charge in [-0.2, -0.15) is 0 Å². The number of carbonyl (C=O) groups is 2. The average molecular weight is 437 g/mol. The molecule has 0 N–H and O–H groups in total. The van der Waals surface area contributed by atoms with E-state index in [2.05, 4.69) is 20.8 Å². The van der Waals surface area contributed by atoms with Crippen LogP contribution in [0.25, 0.3) is 11.1 Å². The minimum atomic E-state index is -0.289. The summed E-state index contributed by atoms with van der Waals surface area (Å²) < 4.78 is 10.9. The van der Waals surface area contributed by atoms with Crippen molar-refractivity contribution in [3.63, 3.8) is 0 Å². The van der Waals surface area contributed by atoms with Crippen LogP contribution in [0.1, 0.15) is 76.1 Å². The molecule has 1 atom stereocenters. The summed E-state index contributed by atoms with van der Waals surface area (Å²) in [5.41, 5.74) is 2.55. The molecule has 1 saturated carbocycles. The van der Waals surface area contributed by atoms with Crippen LogP contribution in [0.15, 0.2) is 48.5 Å². The van der Waals surface area contributed by atoms with Gasteiger partial charge in [-0.3, -0.25) is 4.79 Å². The molecule has 0 bridgehead atoms. The number of ether oxygens (including phenoxy) is 2. The van der Waals surface area contributed by atoms with E-state index in [1.807, 2.05) is 36.4 Å². The minimum absolute atomic E-state index is 0.0499. The van der Waals surface area contributed by atoms with Crippen LogP contribution in [0.4, 0.5) is 0 Å². The molecular formula is C28H36O4. The van der Waals surface area contributed by atoms with E-state index in [1.54, 1.807) is 12.1 Å². The van der Waals surface area contributed by atoms with Crippen LogP contribution in [0.2, 0.25) is 0 Å². The van der Waals surface area contributed by atoms with Gasteiger partial charge in [0.25, 0.3) is 0 Å². The van der Waals surface area contributed by atoms with Gasteiger partial charge in [0.15, 0.2) is 0 Å². The van der Waals surface area contributed by atoms with Gasteiger partial charge in [-0.25, -0.2) is 4.79 Å². The van der Waals surface area contributed by atoms with Crippen LogP contribution in [-0.2, 0) is 9.53 Å². The van der Waals surface area contributed by atoms with E-state index in [9.17, 15) is 9.59 Å². The van der Waals surface area contributed by atoms with Crippen molar-refractivity contribution in [2.75, 3.05) is 6.61 Å². The Kier molecular flexibility index (Phi) is 8.90. The number of esters is 2. The molecule has 32 heavy (non-hydrogen) atoms. The highest BCUT2D eigenvalue weighted by molar-refractivity contribution is 5.90. The fraction of sp³-hybridized carbons (Fsp3) is 0.500. The zero-order valence-electron chi connectivity index (χ0n) is 19.6. The van der Waals surface area contributed by atoms with E-state index in [-0.39, 0.29) is 17.9 Å². The molecule has 172 valence electrons. The van der Waals surface area contributed by atoms with Crippen LogP contribution < -0.4 is 4.74 Å². The zero-order valence-corrected chi connectivity index (χ0v) is 19.6. The third kappa shape index (κ3) is 6.69. The number of rotatable bonds is 11. The summed E-state index contributed by atoms with van der Waals surface area (Å²) >= 11 is 0. The molecule has 0 heterocycles. The van der Waals surface area contributed by atoms with Gasteiger partial charge in [0.05, 0.1) is 18.1 Å². The molecule has 4 heteroatoms. The first-order chi connectivity index (χ1) is 15.5. The first-order valence-corrected chi connectivity index (χ1v) is 12.1. The first kappa shape index (κ1) is 24.0. The maximum absolute atomic E-state index is 12.4. The van der Waals surface area contributed by atoms with Gasteiger partial charge < -0.3 is 9.47 Å². The van der Waals surface area contributed by atoms with Gasteiger partial charge in [0.1, 0.15) is 5.75 Å². The molecule has 1 fully saturated rings. The molecular weight excluding hydrogens is 400 g/mol. The summed E-state index contributed by atoms with van der Waals surface area (Å²) in [6, 6.07) is 14.9. The first-order valence-electron chi connectivity index (χ1n) is 12.1. The summed E-state index contributed by atoms with van der Waals surface area (Å²) in [6.07, 6.45) is 7.94. The predicted molar refractivity (Wildman–Crippen MR) is 128 cm³/mol. The number of hydrogen-bond acceptors (Lipinski definition) is 4. The molecule has 0 spiro atoms. The number of benzene rings is 2. The molecule has 0 radical (unpaired) electrons. The zero-order chi connectivity index (χ0) is 22.9. The highest BCUT2D eigenvalue weighted by Crippen LogP contribution is 2.38. The second-order valence-electron chi connectivity index (χ2n) is 9.16. The van der Waals surface area contributed by atoms with Crippen molar-refractivity contribution >= 4 is 11.9 Å². The monoisotopic (exact) mass is 436 g/mol. The molecule has 0 saturated heterocycles. The molecule has 0 aliphatic heterocycles. The maximum atomic E-state index is 12.4. The SMILES string of the molecule is CCCCCC1CC(C(=O)Oc2ccc(-c3ccc(C(=O)OC[C@@H](C)CC)cc3)cc2)C1. The molecule has 2 aromatic carbocycles. The van der Waals surface area contributed by atoms with Gasteiger partial charge >= 0.3 is 11.9 Å².